The standard InChI is InChI=1S/C19H17BrClN6OP.C15H17N4OP.C4HBrCl2N2.CH3F.CH2O3.2K.H/c1-27-18-12(5-4-8-22-18)16(26-27)11-6-7-14(15(9-11)29(2,3)28)24-17-13(20)10-23-19(21)25-17;1-19-15-11(5-4-8-17-15)14(18-19)10-6-7-12(16)13(9-10)21(2,3)20;5-2-1-8-4(7)9-3(2)6;1-2;2-1-4-3;;;/h4-10H,1-3H3,(H,23,24,25);4-9H,16H2,1-3H3;1H;1H3;1,3H;;;/q;;;;;2*+1;-1/p-1/i;;;1D;;;;. The van der Waals surface area contributed by atoms with E-state index in [4.69, 9.17) is 52.0 Å². The zero-order valence-electron chi connectivity index (χ0n) is 39.1. The maximum absolute atomic E-state index is 13.1. The Kier molecular flexibility index (Phi) is 25.3. The van der Waals surface area contributed by atoms with Crippen LogP contribution in [-0.4, -0.2) is 89.7 Å². The van der Waals surface area contributed by atoms with E-state index in [2.05, 4.69) is 82.2 Å². The fourth-order valence-corrected chi connectivity index (χ4v) is 9.11. The second-order valence-corrected chi connectivity index (χ2v) is 22.9. The molecule has 0 aliphatic heterocycles. The first kappa shape index (κ1) is 59.7. The summed E-state index contributed by atoms with van der Waals surface area (Å²) in [5.74, 6) is 0.500. The molecule has 0 saturated heterocycles. The molecular weight excluding hydrogens is 1150 g/mol. The largest absolute Gasteiger partial charge is 1.00 e. The zero-order valence-corrected chi connectivity index (χ0v) is 50.6. The number of aryl methyl sites for hydroxylation is 2. The first-order valence-electron chi connectivity index (χ1n) is 18.9. The van der Waals surface area contributed by atoms with Crippen LogP contribution >= 0.6 is 80.9 Å². The smallest absolute Gasteiger partial charge is 1.00 e. The molecule has 6 aromatic heterocycles. The molecule has 6 heterocycles. The van der Waals surface area contributed by atoms with Gasteiger partial charge < -0.3 is 31.8 Å². The summed E-state index contributed by atoms with van der Waals surface area (Å²) in [6.45, 7) is 6.73. The van der Waals surface area contributed by atoms with Gasteiger partial charge in [0.1, 0.15) is 36.6 Å². The van der Waals surface area contributed by atoms with Gasteiger partial charge in [-0.1, -0.05) is 23.7 Å². The zero-order chi connectivity index (χ0) is 48.9. The van der Waals surface area contributed by atoms with Gasteiger partial charge in [-0.3, -0.25) is 9.18 Å². The maximum Gasteiger partial charge on any atom is 1.00 e. The van der Waals surface area contributed by atoms with E-state index in [1.165, 1.54) is 6.20 Å². The average Bonchev–Trinajstić information content (AvgIpc) is 3.80. The molecule has 0 atom stereocenters. The third-order valence-corrected chi connectivity index (χ3v) is 13.7. The SMILES string of the molecule is Clc1ncc(Br)c(Cl)n1.Cn1nc(-c2ccc(N)c(P(C)(C)=O)c2)c2cccnc21.Cn1nc(-c2ccc(Nc3nc(Cl)ncc3Br)c(P(C)(C)=O)c2)c2cccnc21.O=CO[O-].[2H]CF.[H-].[K+].[K+]. The van der Waals surface area contributed by atoms with Gasteiger partial charge in [-0.25, -0.2) is 34.3 Å². The molecule has 3 N–H and O–H groups in total. The Morgan fingerprint density at radius 3 is 1.69 bits per heavy atom. The molecule has 0 amide bonds. The molecule has 0 unspecified atom stereocenters. The third-order valence-electron chi connectivity index (χ3n) is 8.61. The number of alkyl halides is 1. The van der Waals surface area contributed by atoms with Crippen molar-refractivity contribution in [2.45, 2.75) is 0 Å². The molecule has 0 radical (unpaired) electrons. The van der Waals surface area contributed by atoms with E-state index in [0.717, 1.165) is 44.6 Å². The molecular formula is C40H40Br2Cl3FK2N12O5P2. The number of aromatic nitrogens is 10. The van der Waals surface area contributed by atoms with Crippen LogP contribution in [-0.2, 0) is 32.9 Å². The van der Waals surface area contributed by atoms with Crippen molar-refractivity contribution in [1.29, 1.82) is 0 Å². The monoisotopic (exact) mass is 1190 g/mol. The van der Waals surface area contributed by atoms with E-state index in [9.17, 15) is 13.5 Å². The second-order valence-electron chi connectivity index (χ2n) is 13.8. The molecule has 0 spiro atoms. The predicted molar refractivity (Wildman–Crippen MR) is 264 cm³/mol. The van der Waals surface area contributed by atoms with Crippen LogP contribution in [0.2, 0.25) is 15.7 Å². The summed E-state index contributed by atoms with van der Waals surface area (Å²) < 4.78 is 45.7. The molecule has 0 aliphatic rings. The van der Waals surface area contributed by atoms with Crippen LogP contribution in [0.25, 0.3) is 44.6 Å². The van der Waals surface area contributed by atoms with Crippen LogP contribution in [0.3, 0.4) is 0 Å². The van der Waals surface area contributed by atoms with E-state index < -0.39 is 21.4 Å². The number of benzene rings is 2. The Morgan fingerprint density at radius 1 is 0.791 bits per heavy atom. The van der Waals surface area contributed by atoms with E-state index in [-0.39, 0.29) is 121 Å². The summed E-state index contributed by atoms with van der Waals surface area (Å²) in [5, 5.41) is 24.7. The summed E-state index contributed by atoms with van der Waals surface area (Å²) in [4.78, 5) is 35.4. The van der Waals surface area contributed by atoms with Crippen molar-refractivity contribution >= 4 is 137 Å². The van der Waals surface area contributed by atoms with Crippen molar-refractivity contribution in [3.8, 4) is 22.5 Å². The number of pyridine rings is 2. The van der Waals surface area contributed by atoms with Gasteiger partial charge in [0, 0.05) is 77.1 Å². The average molecular weight is 1200 g/mol. The van der Waals surface area contributed by atoms with Crippen LogP contribution in [0.15, 0.2) is 94.4 Å². The fourth-order valence-electron chi connectivity index (χ4n) is 5.88. The first-order valence-corrected chi connectivity index (χ1v) is 26.1. The Bertz CT molecular complexity index is 3090. The number of anilines is 3. The van der Waals surface area contributed by atoms with Crippen molar-refractivity contribution in [2.24, 2.45) is 14.1 Å². The minimum atomic E-state index is -2.63. The van der Waals surface area contributed by atoms with E-state index >= 15 is 0 Å². The van der Waals surface area contributed by atoms with E-state index in [1.807, 2.05) is 68.7 Å². The quantitative estimate of drug-likeness (QED) is 0.0341. The number of hydrogen-bond acceptors (Lipinski definition) is 15. The van der Waals surface area contributed by atoms with Gasteiger partial charge in [-0.2, -0.15) is 15.2 Å². The number of hydrogen-bond donors (Lipinski definition) is 2. The molecule has 344 valence electrons. The molecule has 17 nitrogen and oxygen atoms in total. The topological polar surface area (TPSA) is 235 Å². The number of nitrogens with two attached hydrogens (primary N) is 1. The first-order chi connectivity index (χ1) is 31.1. The number of halogens is 6. The Morgan fingerprint density at radius 2 is 1.24 bits per heavy atom. The molecule has 27 heteroatoms. The summed E-state index contributed by atoms with van der Waals surface area (Å²) >= 11 is 23.4. The molecule has 8 aromatic rings. The molecule has 2 aromatic carbocycles. The molecule has 0 aliphatic carbocycles. The minimum absolute atomic E-state index is 0. The number of rotatable bonds is 7. The van der Waals surface area contributed by atoms with Gasteiger partial charge in [0.05, 0.1) is 23.2 Å². The van der Waals surface area contributed by atoms with Gasteiger partial charge >= 0.3 is 103 Å². The number of carbonyl (C=O) groups excluding carboxylic acids is 1. The van der Waals surface area contributed by atoms with Crippen LogP contribution in [0.1, 0.15) is 2.80 Å². The summed E-state index contributed by atoms with van der Waals surface area (Å²) in [6.07, 6.45) is 6.55. The van der Waals surface area contributed by atoms with Crippen LogP contribution in [0.5, 0.6) is 0 Å². The van der Waals surface area contributed by atoms with Gasteiger partial charge in [0.25, 0.3) is 6.47 Å². The summed E-state index contributed by atoms with van der Waals surface area (Å²) in [5.41, 5.74) is 12.2. The van der Waals surface area contributed by atoms with Crippen molar-refractivity contribution in [3.63, 3.8) is 0 Å². The van der Waals surface area contributed by atoms with Crippen LogP contribution in [0, 0.1) is 0 Å². The minimum Gasteiger partial charge on any atom is -1.00 e. The number of carbonyl (C=O) groups is 1. The number of fused-ring (bicyclic) bond motifs is 2. The number of nitrogens with one attached hydrogen (secondary N) is 1. The molecule has 0 bridgehead atoms. The van der Waals surface area contributed by atoms with Gasteiger partial charge in [-0.05, 0) is 130 Å². The Hall–Kier alpha value is -1.64. The third kappa shape index (κ3) is 17.0. The van der Waals surface area contributed by atoms with E-state index in [1.54, 1.807) is 60.7 Å². The molecule has 8 rings (SSSR count). The molecule has 0 saturated carbocycles. The number of nitrogen functional groups attached to an aromatic ring is 1. The molecule has 67 heavy (non-hydrogen) atoms. The maximum atomic E-state index is 13.1. The van der Waals surface area contributed by atoms with Gasteiger partial charge in [0.2, 0.25) is 10.6 Å². The van der Waals surface area contributed by atoms with Crippen LogP contribution in [0.4, 0.5) is 21.6 Å². The fraction of sp³-hybridized carbons (Fsp3) is 0.175. The van der Waals surface area contributed by atoms with Crippen molar-refractivity contribution in [1.82, 2.24) is 49.5 Å². The number of nitrogens with zero attached hydrogens (tertiary/aromatic N) is 10. The van der Waals surface area contributed by atoms with Gasteiger partial charge in [-0.15, -0.1) is 0 Å². The summed E-state index contributed by atoms with van der Waals surface area (Å²) in [7, 11) is -2.34. The summed E-state index contributed by atoms with van der Waals surface area (Å²) in [6, 6.07) is 19.0. The molecule has 0 fully saturated rings. The normalized spacial score (nSPS) is 10.7. The van der Waals surface area contributed by atoms with Gasteiger partial charge in [0.15, 0.2) is 11.3 Å². The van der Waals surface area contributed by atoms with Crippen molar-refractivity contribution in [3.05, 3.63) is 110 Å². The van der Waals surface area contributed by atoms with Crippen molar-refractivity contribution in [2.75, 3.05) is 44.9 Å². The van der Waals surface area contributed by atoms with Crippen LogP contribution < -0.4 is 130 Å². The Labute approximate surface area is 505 Å². The Balaban J connectivity index is 0.000000519. The predicted octanol–water partition coefficient (Wildman–Crippen LogP) is 2.99. The second kappa shape index (κ2) is 28.4. The van der Waals surface area contributed by atoms with E-state index in [0.29, 0.717) is 41.9 Å². The van der Waals surface area contributed by atoms with Crippen molar-refractivity contribution < 1.29 is 134 Å².